The third kappa shape index (κ3) is 4.16. The summed E-state index contributed by atoms with van der Waals surface area (Å²) < 4.78 is 5.57. The smallest absolute Gasteiger partial charge is 0.227 e. The molecule has 152 valence electrons. The molecule has 6 nitrogen and oxygen atoms in total. The molecule has 2 aliphatic heterocycles. The van der Waals surface area contributed by atoms with Crippen molar-refractivity contribution < 1.29 is 14.3 Å². The predicted octanol–water partition coefficient (Wildman–Crippen LogP) is 1.88. The van der Waals surface area contributed by atoms with Gasteiger partial charge in [-0.05, 0) is 32.1 Å². The minimum Gasteiger partial charge on any atom is -0.379 e. The van der Waals surface area contributed by atoms with Crippen LogP contribution < -0.4 is 0 Å². The van der Waals surface area contributed by atoms with Crippen molar-refractivity contribution in [3.05, 3.63) is 0 Å². The van der Waals surface area contributed by atoms with Crippen molar-refractivity contribution in [1.29, 1.82) is 0 Å². The number of carbonyl (C=O) groups is 2. The molecule has 0 unspecified atom stereocenters. The van der Waals surface area contributed by atoms with Crippen LogP contribution in [0.4, 0.5) is 0 Å². The summed E-state index contributed by atoms with van der Waals surface area (Å²) in [4.78, 5) is 32.0. The van der Waals surface area contributed by atoms with Crippen molar-refractivity contribution in [2.24, 2.45) is 5.92 Å². The Labute approximate surface area is 163 Å². The number of piperidine rings is 1. The Hall–Kier alpha value is -1.14. The van der Waals surface area contributed by atoms with E-state index < -0.39 is 0 Å². The SMILES string of the molecule is CN(CC1(N2CCOCC2)CCCCC1)C(=O)[C@H]1CCC(=O)N(C2CC2)C1. The topological polar surface area (TPSA) is 53.1 Å². The maximum atomic E-state index is 13.2. The van der Waals surface area contributed by atoms with Gasteiger partial charge < -0.3 is 14.5 Å². The quantitative estimate of drug-likeness (QED) is 0.734. The van der Waals surface area contributed by atoms with Gasteiger partial charge in [0.05, 0.1) is 19.1 Å². The minimum absolute atomic E-state index is 0.0152. The zero-order valence-corrected chi connectivity index (χ0v) is 16.8. The molecule has 0 spiro atoms. The number of hydrogen-bond acceptors (Lipinski definition) is 4. The predicted molar refractivity (Wildman–Crippen MR) is 103 cm³/mol. The van der Waals surface area contributed by atoms with Gasteiger partial charge in [0.1, 0.15) is 0 Å². The Morgan fingerprint density at radius 3 is 2.52 bits per heavy atom. The Morgan fingerprint density at radius 1 is 1.15 bits per heavy atom. The molecule has 2 amide bonds. The van der Waals surface area contributed by atoms with Gasteiger partial charge in [-0.2, -0.15) is 0 Å². The average molecular weight is 378 g/mol. The standard InChI is InChI=1S/C21H35N3O3/c1-22(20(26)17-5-8-19(25)24(15-17)18-6-7-18)16-21(9-3-2-4-10-21)23-11-13-27-14-12-23/h17-18H,2-16H2,1H3/t17-/m0/s1. The Morgan fingerprint density at radius 2 is 1.85 bits per heavy atom. The number of morpholine rings is 1. The highest BCUT2D eigenvalue weighted by Crippen LogP contribution is 2.36. The Kier molecular flexibility index (Phi) is 5.74. The normalized spacial score (nSPS) is 29.6. The first-order valence-electron chi connectivity index (χ1n) is 11.0. The zero-order chi connectivity index (χ0) is 18.9. The molecule has 27 heavy (non-hydrogen) atoms. The summed E-state index contributed by atoms with van der Waals surface area (Å²) in [6, 6.07) is 0.413. The Bertz CT molecular complexity index is 551. The maximum Gasteiger partial charge on any atom is 0.227 e. The molecule has 0 bridgehead atoms. The first-order chi connectivity index (χ1) is 13.1. The van der Waals surface area contributed by atoms with E-state index in [1.165, 1.54) is 32.1 Å². The third-order valence-corrected chi connectivity index (χ3v) is 7.15. The molecule has 1 atom stereocenters. The van der Waals surface area contributed by atoms with Crippen molar-refractivity contribution in [1.82, 2.24) is 14.7 Å². The number of amides is 2. The van der Waals surface area contributed by atoms with E-state index in [1.54, 1.807) is 0 Å². The molecule has 2 aliphatic carbocycles. The number of rotatable bonds is 5. The summed E-state index contributed by atoms with van der Waals surface area (Å²) in [5, 5.41) is 0. The fourth-order valence-electron chi connectivity index (χ4n) is 5.47. The molecule has 0 aromatic heterocycles. The highest BCUT2D eigenvalue weighted by Gasteiger charge is 2.43. The van der Waals surface area contributed by atoms with E-state index in [0.29, 0.717) is 19.0 Å². The molecule has 0 radical (unpaired) electrons. The summed E-state index contributed by atoms with van der Waals surface area (Å²) in [5.74, 6) is 0.478. The number of carbonyl (C=O) groups excluding carboxylic acids is 2. The Balaban J connectivity index is 1.41. The summed E-state index contributed by atoms with van der Waals surface area (Å²) in [6.07, 6.45) is 9.67. The van der Waals surface area contributed by atoms with Gasteiger partial charge in [0.15, 0.2) is 0 Å². The van der Waals surface area contributed by atoms with Gasteiger partial charge in [-0.25, -0.2) is 0 Å². The van der Waals surface area contributed by atoms with Crippen LogP contribution in [0.15, 0.2) is 0 Å². The molecule has 2 saturated heterocycles. The zero-order valence-electron chi connectivity index (χ0n) is 16.8. The molecular weight excluding hydrogens is 342 g/mol. The van der Waals surface area contributed by atoms with Crippen LogP contribution in [0.3, 0.4) is 0 Å². The second-order valence-corrected chi connectivity index (χ2v) is 9.09. The van der Waals surface area contributed by atoms with Gasteiger partial charge in [-0.1, -0.05) is 19.3 Å². The number of ether oxygens (including phenoxy) is 1. The van der Waals surface area contributed by atoms with Gasteiger partial charge in [-0.3, -0.25) is 14.5 Å². The summed E-state index contributed by atoms with van der Waals surface area (Å²) >= 11 is 0. The van der Waals surface area contributed by atoms with Crippen LogP contribution in [-0.4, -0.2) is 84.5 Å². The highest BCUT2D eigenvalue weighted by molar-refractivity contribution is 5.84. The van der Waals surface area contributed by atoms with Crippen molar-refractivity contribution in [2.45, 2.75) is 69.4 Å². The van der Waals surface area contributed by atoms with Gasteiger partial charge in [0, 0.05) is 51.2 Å². The van der Waals surface area contributed by atoms with Crippen molar-refractivity contribution in [2.75, 3.05) is 46.4 Å². The summed E-state index contributed by atoms with van der Waals surface area (Å²) in [7, 11) is 1.98. The largest absolute Gasteiger partial charge is 0.379 e. The molecule has 2 heterocycles. The molecule has 4 rings (SSSR count). The second kappa shape index (κ2) is 8.08. The van der Waals surface area contributed by atoms with E-state index in [-0.39, 0.29) is 23.3 Å². The lowest BCUT2D eigenvalue weighted by molar-refractivity contribution is -0.144. The first kappa shape index (κ1) is 19.2. The number of likely N-dealkylation sites (N-methyl/N-ethyl adjacent to an activating group) is 1. The molecular formula is C21H35N3O3. The number of hydrogen-bond donors (Lipinski definition) is 0. The van der Waals surface area contributed by atoms with Crippen molar-refractivity contribution in [3.63, 3.8) is 0 Å². The molecule has 4 fully saturated rings. The molecule has 6 heteroatoms. The monoisotopic (exact) mass is 377 g/mol. The van der Waals surface area contributed by atoms with Crippen molar-refractivity contribution in [3.8, 4) is 0 Å². The minimum atomic E-state index is -0.0152. The van der Waals surface area contributed by atoms with E-state index in [1.807, 2.05) is 16.8 Å². The fraction of sp³-hybridized carbons (Fsp3) is 0.905. The lowest BCUT2D eigenvalue weighted by Gasteiger charge is -2.50. The van der Waals surface area contributed by atoms with Crippen LogP contribution in [0.5, 0.6) is 0 Å². The van der Waals surface area contributed by atoms with Crippen LogP contribution in [0.1, 0.15) is 57.8 Å². The average Bonchev–Trinajstić information content (AvgIpc) is 3.54. The van der Waals surface area contributed by atoms with Gasteiger partial charge >= 0.3 is 0 Å². The van der Waals surface area contributed by atoms with E-state index in [0.717, 1.165) is 52.1 Å². The van der Waals surface area contributed by atoms with Gasteiger partial charge in [0.2, 0.25) is 11.8 Å². The van der Waals surface area contributed by atoms with Crippen LogP contribution in [0.25, 0.3) is 0 Å². The number of nitrogens with zero attached hydrogens (tertiary/aromatic N) is 3. The van der Waals surface area contributed by atoms with Crippen LogP contribution >= 0.6 is 0 Å². The van der Waals surface area contributed by atoms with Crippen molar-refractivity contribution >= 4 is 11.8 Å². The van der Waals surface area contributed by atoms with E-state index in [9.17, 15) is 9.59 Å². The first-order valence-corrected chi connectivity index (χ1v) is 11.0. The molecule has 0 aromatic rings. The molecule has 0 aromatic carbocycles. The fourth-order valence-corrected chi connectivity index (χ4v) is 5.47. The second-order valence-electron chi connectivity index (χ2n) is 9.09. The van der Waals surface area contributed by atoms with Crippen LogP contribution in [-0.2, 0) is 14.3 Å². The van der Waals surface area contributed by atoms with E-state index >= 15 is 0 Å². The van der Waals surface area contributed by atoms with Crippen LogP contribution in [0, 0.1) is 5.92 Å². The summed E-state index contributed by atoms with van der Waals surface area (Å²) in [6.45, 7) is 5.03. The van der Waals surface area contributed by atoms with Crippen LogP contribution in [0.2, 0.25) is 0 Å². The lowest BCUT2D eigenvalue weighted by Crippen LogP contribution is -2.60. The molecule has 4 aliphatic rings. The maximum absolute atomic E-state index is 13.2. The molecule has 2 saturated carbocycles. The van der Waals surface area contributed by atoms with Gasteiger partial charge in [-0.15, -0.1) is 0 Å². The molecule has 0 N–H and O–H groups in total. The third-order valence-electron chi connectivity index (χ3n) is 7.15. The van der Waals surface area contributed by atoms with Gasteiger partial charge in [0.25, 0.3) is 0 Å². The van der Waals surface area contributed by atoms with E-state index in [4.69, 9.17) is 4.74 Å². The van der Waals surface area contributed by atoms with E-state index in [2.05, 4.69) is 4.90 Å². The highest BCUT2D eigenvalue weighted by atomic mass is 16.5. The number of likely N-dealkylation sites (tertiary alicyclic amines) is 1. The summed E-state index contributed by atoms with van der Waals surface area (Å²) in [5.41, 5.74) is 0.118. The lowest BCUT2D eigenvalue weighted by atomic mass is 9.79.